The van der Waals surface area contributed by atoms with Crippen molar-refractivity contribution in [3.8, 4) is 0 Å². The molecule has 0 bridgehead atoms. The third-order valence-corrected chi connectivity index (χ3v) is 2.43. The Labute approximate surface area is 96.2 Å². The normalized spacial score (nSPS) is 14.7. The molecule has 1 amide bonds. The fourth-order valence-corrected chi connectivity index (χ4v) is 1.59. The summed E-state index contributed by atoms with van der Waals surface area (Å²) in [5.41, 5.74) is 5.04. The molecular weight excluding hydrogens is 241 g/mol. The zero-order chi connectivity index (χ0) is 11.6. The quantitative estimate of drug-likeness (QED) is 0.744. The number of hydrogen-bond donors (Lipinski definition) is 3. The van der Waals surface area contributed by atoms with E-state index in [2.05, 4.69) is 0 Å². The summed E-state index contributed by atoms with van der Waals surface area (Å²) in [6.45, 7) is 0. The van der Waals surface area contributed by atoms with Crippen molar-refractivity contribution in [2.24, 2.45) is 5.73 Å². The summed E-state index contributed by atoms with van der Waals surface area (Å²) in [7, 11) is 0. The van der Waals surface area contributed by atoms with E-state index in [-0.39, 0.29) is 10.6 Å². The zero-order valence-electron chi connectivity index (χ0n) is 7.52. The molecule has 0 spiro atoms. The molecule has 0 saturated heterocycles. The lowest BCUT2D eigenvalue weighted by molar-refractivity contribution is -0.131. The van der Waals surface area contributed by atoms with Gasteiger partial charge >= 0.3 is 0 Å². The van der Waals surface area contributed by atoms with Gasteiger partial charge in [-0.15, -0.1) is 0 Å². The number of benzene rings is 1. The zero-order valence-corrected chi connectivity index (χ0v) is 9.03. The van der Waals surface area contributed by atoms with Crippen molar-refractivity contribution in [1.82, 2.24) is 0 Å². The molecule has 0 radical (unpaired) electrons. The van der Waals surface area contributed by atoms with Crippen LogP contribution in [0.2, 0.25) is 10.0 Å². The van der Waals surface area contributed by atoms with E-state index in [0.29, 0.717) is 5.02 Å². The Hall–Kier alpha value is -0.810. The number of amides is 1. The first-order valence-electron chi connectivity index (χ1n) is 4.04. The van der Waals surface area contributed by atoms with Crippen molar-refractivity contribution in [3.05, 3.63) is 33.8 Å². The lowest BCUT2D eigenvalue weighted by Crippen LogP contribution is -2.33. The summed E-state index contributed by atoms with van der Waals surface area (Å²) in [4.78, 5) is 10.6. The molecule has 0 aromatic heterocycles. The molecule has 0 aliphatic rings. The number of aliphatic hydroxyl groups is 2. The van der Waals surface area contributed by atoms with Crippen LogP contribution in [-0.4, -0.2) is 22.2 Å². The predicted molar refractivity (Wildman–Crippen MR) is 56.6 cm³/mol. The Morgan fingerprint density at radius 3 is 2.40 bits per heavy atom. The largest absolute Gasteiger partial charge is 0.385 e. The monoisotopic (exact) mass is 249 g/mol. The van der Waals surface area contributed by atoms with Gasteiger partial charge in [0.1, 0.15) is 6.10 Å². The molecule has 15 heavy (non-hydrogen) atoms. The highest BCUT2D eigenvalue weighted by molar-refractivity contribution is 6.35. The van der Waals surface area contributed by atoms with Crippen LogP contribution in [0.25, 0.3) is 0 Å². The number of hydrogen-bond acceptors (Lipinski definition) is 3. The third-order valence-electron chi connectivity index (χ3n) is 1.87. The lowest BCUT2D eigenvalue weighted by atomic mass is 10.0. The van der Waals surface area contributed by atoms with Crippen LogP contribution < -0.4 is 5.73 Å². The van der Waals surface area contributed by atoms with Gasteiger partial charge < -0.3 is 15.9 Å². The number of carbonyl (C=O) groups is 1. The molecular formula is C9H9Cl2NO3. The minimum absolute atomic E-state index is 0.162. The average Bonchev–Trinajstić information content (AvgIpc) is 2.15. The molecule has 4 N–H and O–H groups in total. The second-order valence-corrected chi connectivity index (χ2v) is 3.80. The van der Waals surface area contributed by atoms with Gasteiger partial charge in [0.25, 0.3) is 0 Å². The van der Waals surface area contributed by atoms with E-state index in [1.807, 2.05) is 0 Å². The van der Waals surface area contributed by atoms with Gasteiger partial charge in [0, 0.05) is 15.6 Å². The Kier molecular flexibility index (Phi) is 3.93. The van der Waals surface area contributed by atoms with E-state index >= 15 is 0 Å². The fraction of sp³-hybridized carbons (Fsp3) is 0.222. The van der Waals surface area contributed by atoms with Crippen LogP contribution in [0.15, 0.2) is 18.2 Å². The maximum atomic E-state index is 10.6. The van der Waals surface area contributed by atoms with Gasteiger partial charge in [-0.3, -0.25) is 4.79 Å². The van der Waals surface area contributed by atoms with E-state index in [9.17, 15) is 15.0 Å². The van der Waals surface area contributed by atoms with Gasteiger partial charge in [0.15, 0.2) is 6.10 Å². The maximum absolute atomic E-state index is 10.6. The molecule has 0 fully saturated rings. The average molecular weight is 250 g/mol. The predicted octanol–water partition coefficient (Wildman–Crippen LogP) is 0.873. The van der Waals surface area contributed by atoms with E-state index in [4.69, 9.17) is 28.9 Å². The molecule has 1 aromatic rings. The summed E-state index contributed by atoms with van der Waals surface area (Å²) in [5.74, 6) is -1.02. The molecule has 1 aromatic carbocycles. The Morgan fingerprint density at radius 1 is 1.33 bits per heavy atom. The molecule has 2 unspecified atom stereocenters. The second-order valence-electron chi connectivity index (χ2n) is 2.96. The van der Waals surface area contributed by atoms with Crippen molar-refractivity contribution >= 4 is 29.1 Å². The number of aliphatic hydroxyl groups excluding tert-OH is 2. The smallest absolute Gasteiger partial charge is 0.249 e. The van der Waals surface area contributed by atoms with Crippen molar-refractivity contribution in [3.63, 3.8) is 0 Å². The van der Waals surface area contributed by atoms with Crippen LogP contribution in [0, 0.1) is 0 Å². The maximum Gasteiger partial charge on any atom is 0.249 e. The minimum atomic E-state index is -1.69. The fourth-order valence-electron chi connectivity index (χ4n) is 1.07. The van der Waals surface area contributed by atoms with E-state index < -0.39 is 18.1 Å². The molecule has 4 nitrogen and oxygen atoms in total. The van der Waals surface area contributed by atoms with Crippen molar-refractivity contribution in [2.45, 2.75) is 12.2 Å². The SMILES string of the molecule is NC(=O)C(O)C(O)c1ccc(Cl)cc1Cl. The van der Waals surface area contributed by atoms with Crippen LogP contribution in [0.4, 0.5) is 0 Å². The molecule has 0 aliphatic carbocycles. The van der Waals surface area contributed by atoms with Crippen LogP contribution in [0.3, 0.4) is 0 Å². The Morgan fingerprint density at radius 2 is 1.93 bits per heavy atom. The molecule has 6 heteroatoms. The lowest BCUT2D eigenvalue weighted by Gasteiger charge is -2.16. The molecule has 0 heterocycles. The summed E-state index contributed by atoms with van der Waals surface area (Å²) >= 11 is 11.4. The summed E-state index contributed by atoms with van der Waals surface area (Å²) < 4.78 is 0. The van der Waals surface area contributed by atoms with Crippen LogP contribution in [-0.2, 0) is 4.79 Å². The van der Waals surface area contributed by atoms with Crippen molar-refractivity contribution in [2.75, 3.05) is 0 Å². The number of halogens is 2. The molecule has 1 rings (SSSR count). The van der Waals surface area contributed by atoms with Gasteiger partial charge in [-0.2, -0.15) is 0 Å². The number of carbonyl (C=O) groups excluding carboxylic acids is 1. The third kappa shape index (κ3) is 2.82. The van der Waals surface area contributed by atoms with Crippen molar-refractivity contribution in [1.29, 1.82) is 0 Å². The highest BCUT2D eigenvalue weighted by atomic mass is 35.5. The van der Waals surface area contributed by atoms with Gasteiger partial charge in [-0.25, -0.2) is 0 Å². The summed E-state index contributed by atoms with van der Waals surface area (Å²) in [5, 5.41) is 19.3. The summed E-state index contributed by atoms with van der Waals surface area (Å²) in [6, 6.07) is 4.30. The first-order chi connectivity index (χ1) is 6.93. The standard InChI is InChI=1S/C9H9Cl2NO3/c10-4-1-2-5(6(11)3-4)7(13)8(14)9(12)15/h1-3,7-8,13-14H,(H2,12,15). The van der Waals surface area contributed by atoms with Gasteiger partial charge in [0.2, 0.25) is 5.91 Å². The molecule has 2 atom stereocenters. The van der Waals surface area contributed by atoms with Gasteiger partial charge in [-0.05, 0) is 12.1 Å². The minimum Gasteiger partial charge on any atom is -0.385 e. The highest BCUT2D eigenvalue weighted by Crippen LogP contribution is 2.27. The molecule has 82 valence electrons. The Balaban J connectivity index is 3.01. The first kappa shape index (κ1) is 12.3. The van der Waals surface area contributed by atoms with Gasteiger partial charge in [-0.1, -0.05) is 29.3 Å². The topological polar surface area (TPSA) is 83.6 Å². The van der Waals surface area contributed by atoms with E-state index in [1.165, 1.54) is 18.2 Å². The second kappa shape index (κ2) is 4.81. The van der Waals surface area contributed by atoms with Gasteiger partial charge in [0.05, 0.1) is 0 Å². The summed E-state index contributed by atoms with van der Waals surface area (Å²) in [6.07, 6.45) is -3.14. The number of rotatable bonds is 3. The number of nitrogens with two attached hydrogens (primary N) is 1. The van der Waals surface area contributed by atoms with Crippen LogP contribution in [0.1, 0.15) is 11.7 Å². The van der Waals surface area contributed by atoms with Crippen LogP contribution >= 0.6 is 23.2 Å². The van der Waals surface area contributed by atoms with Crippen LogP contribution in [0.5, 0.6) is 0 Å². The number of primary amides is 1. The molecule has 0 saturated carbocycles. The highest BCUT2D eigenvalue weighted by Gasteiger charge is 2.25. The van der Waals surface area contributed by atoms with E-state index in [1.54, 1.807) is 0 Å². The van der Waals surface area contributed by atoms with E-state index in [0.717, 1.165) is 0 Å². The molecule has 0 aliphatic heterocycles. The first-order valence-corrected chi connectivity index (χ1v) is 4.79. The van der Waals surface area contributed by atoms with Crippen molar-refractivity contribution < 1.29 is 15.0 Å². The Bertz CT molecular complexity index is 384.